The van der Waals surface area contributed by atoms with Crippen LogP contribution in [0.3, 0.4) is 0 Å². The van der Waals surface area contributed by atoms with Crippen LogP contribution >= 0.6 is 0 Å². The molecule has 0 atom stereocenters. The van der Waals surface area contributed by atoms with Gasteiger partial charge < -0.3 is 15.2 Å². The van der Waals surface area contributed by atoms with Crippen molar-refractivity contribution in [3.05, 3.63) is 53.9 Å². The summed E-state index contributed by atoms with van der Waals surface area (Å²) in [4.78, 5) is 15.0. The number of para-hydroxylation sites is 1. The first-order valence-corrected chi connectivity index (χ1v) is 5.75. The monoisotopic (exact) mass is 258 g/mol. The molecule has 5 heteroatoms. The average Bonchev–Trinajstić information content (AvgIpc) is 2.45. The fourth-order valence-corrected chi connectivity index (χ4v) is 1.76. The molecule has 2 aromatic rings. The molecule has 98 valence electrons. The van der Waals surface area contributed by atoms with Crippen molar-refractivity contribution < 1.29 is 14.6 Å². The van der Waals surface area contributed by atoms with Crippen LogP contribution in [0.15, 0.2) is 42.7 Å². The lowest BCUT2D eigenvalue weighted by Crippen LogP contribution is -2.07. The second-order valence-corrected chi connectivity index (χ2v) is 3.89. The zero-order valence-electron chi connectivity index (χ0n) is 10.5. The van der Waals surface area contributed by atoms with Crippen LogP contribution in [0.4, 0.5) is 5.69 Å². The van der Waals surface area contributed by atoms with Crippen LogP contribution in [0.2, 0.25) is 0 Å². The molecular weight excluding hydrogens is 244 g/mol. The lowest BCUT2D eigenvalue weighted by atomic mass is 10.2. The first-order valence-electron chi connectivity index (χ1n) is 5.75. The van der Waals surface area contributed by atoms with Gasteiger partial charge in [-0.1, -0.05) is 18.2 Å². The lowest BCUT2D eigenvalue weighted by Gasteiger charge is -2.11. The molecule has 0 bridgehead atoms. The Kier molecular flexibility index (Phi) is 3.97. The summed E-state index contributed by atoms with van der Waals surface area (Å²) in [5.41, 5.74) is 1.64. The van der Waals surface area contributed by atoms with Crippen molar-refractivity contribution in [3.8, 4) is 5.75 Å². The summed E-state index contributed by atoms with van der Waals surface area (Å²) in [6, 6.07) is 9.03. The largest absolute Gasteiger partial charge is 0.496 e. The molecule has 0 radical (unpaired) electrons. The molecule has 0 saturated heterocycles. The predicted molar refractivity (Wildman–Crippen MR) is 71.5 cm³/mol. The van der Waals surface area contributed by atoms with Gasteiger partial charge in [0.15, 0.2) is 0 Å². The summed E-state index contributed by atoms with van der Waals surface area (Å²) in [7, 11) is 1.60. The number of aromatic carboxylic acids is 1. The number of aromatic nitrogens is 1. The van der Waals surface area contributed by atoms with E-state index in [0.29, 0.717) is 12.2 Å². The summed E-state index contributed by atoms with van der Waals surface area (Å²) in [5, 5.41) is 12.1. The van der Waals surface area contributed by atoms with E-state index in [4.69, 9.17) is 9.84 Å². The minimum Gasteiger partial charge on any atom is -0.496 e. The second-order valence-electron chi connectivity index (χ2n) is 3.89. The van der Waals surface area contributed by atoms with Crippen LogP contribution in [-0.2, 0) is 6.54 Å². The Bertz CT molecular complexity index is 584. The first-order chi connectivity index (χ1) is 9.22. The summed E-state index contributed by atoms with van der Waals surface area (Å²) >= 11 is 0. The van der Waals surface area contributed by atoms with Crippen molar-refractivity contribution in [1.82, 2.24) is 4.98 Å². The third-order valence-electron chi connectivity index (χ3n) is 2.71. The fourth-order valence-electron chi connectivity index (χ4n) is 1.76. The van der Waals surface area contributed by atoms with Gasteiger partial charge in [0.05, 0.1) is 24.6 Å². The van der Waals surface area contributed by atoms with Crippen molar-refractivity contribution >= 4 is 11.7 Å². The summed E-state index contributed by atoms with van der Waals surface area (Å²) < 4.78 is 5.24. The lowest BCUT2D eigenvalue weighted by molar-refractivity contribution is 0.0698. The zero-order valence-corrected chi connectivity index (χ0v) is 10.5. The van der Waals surface area contributed by atoms with Crippen LogP contribution in [0.25, 0.3) is 0 Å². The first kappa shape index (κ1) is 12.9. The SMILES string of the molecule is COc1ccccc1CNc1cnccc1C(=O)O. The number of carboxylic acid groups (broad SMARTS) is 1. The Morgan fingerprint density at radius 2 is 2.16 bits per heavy atom. The highest BCUT2D eigenvalue weighted by Crippen LogP contribution is 2.20. The topological polar surface area (TPSA) is 71.5 Å². The maximum Gasteiger partial charge on any atom is 0.337 e. The molecular formula is C14H14N2O3. The number of carbonyl (C=O) groups is 1. The number of rotatable bonds is 5. The Hall–Kier alpha value is -2.56. The van der Waals surface area contributed by atoms with Crippen LogP contribution in [0, 0.1) is 0 Å². The highest BCUT2D eigenvalue weighted by molar-refractivity contribution is 5.93. The highest BCUT2D eigenvalue weighted by Gasteiger charge is 2.09. The standard InChI is InChI=1S/C14H14N2O3/c1-19-13-5-3-2-4-10(13)8-16-12-9-15-7-6-11(12)14(17)18/h2-7,9,16H,8H2,1H3,(H,17,18). The van der Waals surface area contributed by atoms with E-state index in [9.17, 15) is 4.79 Å². The smallest absolute Gasteiger partial charge is 0.337 e. The molecule has 5 nitrogen and oxygen atoms in total. The molecule has 0 aliphatic carbocycles. The molecule has 0 spiro atoms. The number of methoxy groups -OCH3 is 1. The van der Waals surface area contributed by atoms with E-state index in [1.165, 1.54) is 18.5 Å². The van der Waals surface area contributed by atoms with Gasteiger partial charge in [0, 0.05) is 18.3 Å². The molecule has 0 fully saturated rings. The molecule has 0 aliphatic heterocycles. The van der Waals surface area contributed by atoms with E-state index in [-0.39, 0.29) is 5.56 Å². The molecule has 1 aromatic heterocycles. The van der Waals surface area contributed by atoms with Crippen LogP contribution in [0.5, 0.6) is 5.75 Å². The van der Waals surface area contributed by atoms with Crippen LogP contribution in [0.1, 0.15) is 15.9 Å². The third kappa shape index (κ3) is 3.01. The molecule has 0 unspecified atom stereocenters. The van der Waals surface area contributed by atoms with E-state index in [1.807, 2.05) is 24.3 Å². The maximum absolute atomic E-state index is 11.1. The van der Waals surface area contributed by atoms with Crippen molar-refractivity contribution in [2.75, 3.05) is 12.4 Å². The number of hydrogen-bond donors (Lipinski definition) is 2. The Morgan fingerprint density at radius 3 is 2.89 bits per heavy atom. The number of nitrogens with one attached hydrogen (secondary N) is 1. The average molecular weight is 258 g/mol. The van der Waals surface area contributed by atoms with Gasteiger partial charge in [-0.25, -0.2) is 4.79 Å². The molecule has 2 N–H and O–H groups in total. The minimum atomic E-state index is -0.982. The van der Waals surface area contributed by atoms with Crippen molar-refractivity contribution in [2.45, 2.75) is 6.54 Å². The van der Waals surface area contributed by atoms with Gasteiger partial charge in [-0.05, 0) is 12.1 Å². The van der Waals surface area contributed by atoms with Gasteiger partial charge >= 0.3 is 5.97 Å². The number of benzene rings is 1. The molecule has 1 aromatic carbocycles. The second kappa shape index (κ2) is 5.86. The highest BCUT2D eigenvalue weighted by atomic mass is 16.5. The molecule has 19 heavy (non-hydrogen) atoms. The Balaban J connectivity index is 2.17. The van der Waals surface area contributed by atoms with Gasteiger partial charge in [-0.15, -0.1) is 0 Å². The summed E-state index contributed by atoms with van der Waals surface area (Å²) in [6.45, 7) is 0.468. The van der Waals surface area contributed by atoms with E-state index >= 15 is 0 Å². The normalized spacial score (nSPS) is 9.95. The van der Waals surface area contributed by atoms with Gasteiger partial charge in [0.1, 0.15) is 5.75 Å². The Morgan fingerprint density at radius 1 is 1.37 bits per heavy atom. The van der Waals surface area contributed by atoms with Crippen LogP contribution < -0.4 is 10.1 Å². The van der Waals surface area contributed by atoms with Crippen molar-refractivity contribution in [3.63, 3.8) is 0 Å². The molecule has 0 amide bonds. The van der Waals surface area contributed by atoms with Gasteiger partial charge in [0.25, 0.3) is 0 Å². The third-order valence-corrected chi connectivity index (χ3v) is 2.71. The zero-order chi connectivity index (χ0) is 13.7. The van der Waals surface area contributed by atoms with Gasteiger partial charge in [0.2, 0.25) is 0 Å². The summed E-state index contributed by atoms with van der Waals surface area (Å²) in [5.74, 6) is -0.222. The predicted octanol–water partition coefficient (Wildman–Crippen LogP) is 2.40. The van der Waals surface area contributed by atoms with Gasteiger partial charge in [-0.3, -0.25) is 4.98 Å². The molecule has 2 rings (SSSR count). The maximum atomic E-state index is 11.1. The number of pyridine rings is 1. The van der Waals surface area contributed by atoms with E-state index < -0.39 is 5.97 Å². The number of nitrogens with zero attached hydrogens (tertiary/aromatic N) is 1. The van der Waals surface area contributed by atoms with E-state index in [2.05, 4.69) is 10.3 Å². The Labute approximate surface area is 110 Å². The number of ether oxygens (including phenoxy) is 1. The van der Waals surface area contributed by atoms with Gasteiger partial charge in [-0.2, -0.15) is 0 Å². The molecule has 0 aliphatic rings. The summed E-state index contributed by atoms with van der Waals surface area (Å²) in [6.07, 6.45) is 2.95. The fraction of sp³-hybridized carbons (Fsp3) is 0.143. The number of carboxylic acids is 1. The molecule has 0 saturated carbocycles. The van der Waals surface area contributed by atoms with Crippen LogP contribution in [-0.4, -0.2) is 23.2 Å². The van der Waals surface area contributed by atoms with E-state index in [0.717, 1.165) is 11.3 Å². The van der Waals surface area contributed by atoms with E-state index in [1.54, 1.807) is 7.11 Å². The number of hydrogen-bond acceptors (Lipinski definition) is 4. The quantitative estimate of drug-likeness (QED) is 0.861. The molecule has 1 heterocycles. The van der Waals surface area contributed by atoms with Crippen molar-refractivity contribution in [2.24, 2.45) is 0 Å². The number of anilines is 1. The van der Waals surface area contributed by atoms with Crippen molar-refractivity contribution in [1.29, 1.82) is 0 Å². The minimum absolute atomic E-state index is 0.199.